The number of hydrogen-bond donors (Lipinski definition) is 0. The monoisotopic (exact) mass is 281 g/mol. The molecule has 0 bridgehead atoms. The normalized spacial score (nSPS) is 13.4. The van der Waals surface area contributed by atoms with Crippen molar-refractivity contribution >= 4 is 27.7 Å². The smallest absolute Gasteiger partial charge is 0.172 e. The molecule has 2 nitrogen and oxygen atoms in total. The van der Waals surface area contributed by atoms with E-state index in [1.807, 2.05) is 17.8 Å². The van der Waals surface area contributed by atoms with Gasteiger partial charge >= 0.3 is 0 Å². The Hall–Kier alpha value is -0.740. The van der Waals surface area contributed by atoms with Gasteiger partial charge in [0.25, 0.3) is 0 Å². The molecule has 1 aliphatic heterocycles. The van der Waals surface area contributed by atoms with Gasteiger partial charge in [-0.25, -0.2) is 0 Å². The summed E-state index contributed by atoms with van der Waals surface area (Å²) in [6.07, 6.45) is 0. The summed E-state index contributed by atoms with van der Waals surface area (Å²) < 4.78 is 5.41. The lowest BCUT2D eigenvalue weighted by Crippen LogP contribution is -1.94. The molecule has 0 atom stereocenters. The zero-order valence-electron chi connectivity index (χ0n) is 7.87. The van der Waals surface area contributed by atoms with Crippen LogP contribution in [0.25, 0.3) is 11.3 Å². The highest BCUT2D eigenvalue weighted by Crippen LogP contribution is 2.42. The fourth-order valence-electron chi connectivity index (χ4n) is 1.74. The molecule has 2 aromatic rings. The van der Waals surface area contributed by atoms with Crippen molar-refractivity contribution in [3.8, 4) is 11.3 Å². The van der Waals surface area contributed by atoms with E-state index in [4.69, 9.17) is 4.52 Å². The van der Waals surface area contributed by atoms with E-state index in [2.05, 4.69) is 39.3 Å². The molecule has 3 rings (SSSR count). The van der Waals surface area contributed by atoms with Crippen molar-refractivity contribution in [1.82, 2.24) is 5.16 Å². The molecule has 1 aromatic heterocycles. The zero-order valence-corrected chi connectivity index (χ0v) is 10.3. The second-order valence-corrected chi connectivity index (χ2v) is 4.93. The van der Waals surface area contributed by atoms with Crippen LogP contribution in [0.1, 0.15) is 11.3 Å². The first kappa shape index (κ1) is 9.48. The van der Waals surface area contributed by atoms with Crippen LogP contribution in [-0.4, -0.2) is 5.16 Å². The quantitative estimate of drug-likeness (QED) is 0.743. The van der Waals surface area contributed by atoms with Gasteiger partial charge in [0.05, 0.1) is 5.69 Å². The van der Waals surface area contributed by atoms with E-state index >= 15 is 0 Å². The molecular weight excluding hydrogens is 274 g/mol. The minimum atomic E-state index is 0.758. The minimum absolute atomic E-state index is 0.758. The first-order valence-corrected chi connectivity index (χ1v) is 6.76. The Morgan fingerprint density at radius 3 is 3.13 bits per heavy atom. The Balaban J connectivity index is 2.22. The van der Waals surface area contributed by atoms with Crippen molar-refractivity contribution in [1.29, 1.82) is 0 Å². The van der Waals surface area contributed by atoms with Crippen LogP contribution in [0.2, 0.25) is 0 Å². The van der Waals surface area contributed by atoms with Crippen LogP contribution in [0, 0.1) is 0 Å². The highest BCUT2D eigenvalue weighted by Gasteiger charge is 2.23. The Bertz CT molecular complexity index is 509. The van der Waals surface area contributed by atoms with Gasteiger partial charge in [0.2, 0.25) is 0 Å². The number of rotatable bonds is 1. The lowest BCUT2D eigenvalue weighted by molar-refractivity contribution is 0.425. The summed E-state index contributed by atoms with van der Waals surface area (Å²) in [6, 6.07) is 8.30. The Kier molecular flexibility index (Phi) is 2.33. The molecule has 76 valence electrons. The number of benzene rings is 1. The predicted octanol–water partition coefficient (Wildman–Crippen LogP) is 3.84. The molecule has 0 amide bonds. The van der Waals surface area contributed by atoms with E-state index in [0.717, 1.165) is 22.5 Å². The SMILES string of the molecule is BrCc1noc2c1CSc1ccccc1-2. The summed E-state index contributed by atoms with van der Waals surface area (Å²) in [5, 5.41) is 4.84. The van der Waals surface area contributed by atoms with Crippen molar-refractivity contribution in [2.24, 2.45) is 0 Å². The van der Waals surface area contributed by atoms with Gasteiger partial charge in [-0.05, 0) is 12.1 Å². The fourth-order valence-corrected chi connectivity index (χ4v) is 3.27. The lowest BCUT2D eigenvalue weighted by atomic mass is 10.1. The van der Waals surface area contributed by atoms with Gasteiger partial charge in [-0.15, -0.1) is 11.8 Å². The molecule has 0 spiro atoms. The summed E-state index contributed by atoms with van der Waals surface area (Å²) in [5.74, 6) is 1.90. The molecule has 2 heterocycles. The molecule has 0 N–H and O–H groups in total. The molecule has 0 saturated heterocycles. The van der Waals surface area contributed by atoms with Crippen molar-refractivity contribution in [2.75, 3.05) is 0 Å². The van der Waals surface area contributed by atoms with Gasteiger partial charge < -0.3 is 4.52 Å². The molecule has 1 aliphatic rings. The lowest BCUT2D eigenvalue weighted by Gasteiger charge is -2.13. The second kappa shape index (κ2) is 3.68. The summed E-state index contributed by atoms with van der Waals surface area (Å²) >= 11 is 5.27. The van der Waals surface area contributed by atoms with E-state index in [1.54, 1.807) is 0 Å². The Morgan fingerprint density at radius 1 is 1.40 bits per heavy atom. The predicted molar refractivity (Wildman–Crippen MR) is 64.1 cm³/mol. The standard InChI is InChI=1S/C11H8BrNOS/c12-5-9-8-6-15-10-4-2-1-3-7(10)11(8)14-13-9/h1-4H,5-6H2. The van der Waals surface area contributed by atoms with Gasteiger partial charge in [0, 0.05) is 27.1 Å². The zero-order chi connectivity index (χ0) is 10.3. The highest BCUT2D eigenvalue weighted by atomic mass is 79.9. The van der Waals surface area contributed by atoms with Crippen LogP contribution in [0.4, 0.5) is 0 Å². The average Bonchev–Trinajstić information content (AvgIpc) is 2.72. The molecule has 1 aromatic carbocycles. The van der Waals surface area contributed by atoms with Crippen molar-refractivity contribution in [3.05, 3.63) is 35.5 Å². The van der Waals surface area contributed by atoms with Gasteiger partial charge in [-0.3, -0.25) is 0 Å². The first-order chi connectivity index (χ1) is 7.40. The number of fused-ring (bicyclic) bond motifs is 3. The van der Waals surface area contributed by atoms with Gasteiger partial charge in [0.1, 0.15) is 0 Å². The van der Waals surface area contributed by atoms with Crippen LogP contribution in [-0.2, 0) is 11.1 Å². The van der Waals surface area contributed by atoms with Crippen LogP contribution in [0.15, 0.2) is 33.7 Å². The van der Waals surface area contributed by atoms with Crippen molar-refractivity contribution < 1.29 is 4.52 Å². The molecule has 0 radical (unpaired) electrons. The summed E-state index contributed by atoms with van der Waals surface area (Å²) in [5.41, 5.74) is 3.42. The van der Waals surface area contributed by atoms with Crippen LogP contribution >= 0.6 is 27.7 Å². The molecule has 0 saturated carbocycles. The largest absolute Gasteiger partial charge is 0.356 e. The third kappa shape index (κ3) is 1.43. The number of alkyl halides is 1. The number of nitrogens with zero attached hydrogens (tertiary/aromatic N) is 1. The van der Waals surface area contributed by atoms with Gasteiger partial charge in [0.15, 0.2) is 5.76 Å². The van der Waals surface area contributed by atoms with Crippen molar-refractivity contribution in [3.63, 3.8) is 0 Å². The maximum absolute atomic E-state index is 5.41. The number of hydrogen-bond acceptors (Lipinski definition) is 3. The topological polar surface area (TPSA) is 26.0 Å². The number of thioether (sulfide) groups is 1. The van der Waals surface area contributed by atoms with E-state index < -0.39 is 0 Å². The number of halogens is 1. The average molecular weight is 282 g/mol. The van der Waals surface area contributed by atoms with Crippen LogP contribution in [0.5, 0.6) is 0 Å². The maximum atomic E-state index is 5.41. The summed E-state index contributed by atoms with van der Waals surface area (Å²) in [4.78, 5) is 1.28. The van der Waals surface area contributed by atoms with E-state index in [0.29, 0.717) is 0 Å². The van der Waals surface area contributed by atoms with Gasteiger partial charge in [-0.1, -0.05) is 33.2 Å². The van der Waals surface area contributed by atoms with Gasteiger partial charge in [-0.2, -0.15) is 0 Å². The maximum Gasteiger partial charge on any atom is 0.172 e. The van der Waals surface area contributed by atoms with E-state index in [1.165, 1.54) is 16.0 Å². The second-order valence-electron chi connectivity index (χ2n) is 3.36. The summed E-state index contributed by atoms with van der Waals surface area (Å²) in [6.45, 7) is 0. The van der Waals surface area contributed by atoms with E-state index in [-0.39, 0.29) is 0 Å². The molecule has 15 heavy (non-hydrogen) atoms. The molecule has 0 unspecified atom stereocenters. The fraction of sp³-hybridized carbons (Fsp3) is 0.182. The van der Waals surface area contributed by atoms with Crippen LogP contribution in [0.3, 0.4) is 0 Å². The Morgan fingerprint density at radius 2 is 2.27 bits per heavy atom. The van der Waals surface area contributed by atoms with Crippen LogP contribution < -0.4 is 0 Å². The minimum Gasteiger partial charge on any atom is -0.356 e. The third-order valence-corrected chi connectivity index (χ3v) is 4.13. The molecule has 0 aliphatic carbocycles. The highest BCUT2D eigenvalue weighted by molar-refractivity contribution is 9.08. The van der Waals surface area contributed by atoms with Crippen molar-refractivity contribution in [2.45, 2.75) is 16.0 Å². The summed E-state index contributed by atoms with van der Waals surface area (Å²) in [7, 11) is 0. The third-order valence-electron chi connectivity index (χ3n) is 2.50. The van der Waals surface area contributed by atoms with E-state index in [9.17, 15) is 0 Å². The molecular formula is C11H8BrNOS. The number of aromatic nitrogens is 1. The Labute approximate surface area is 100 Å². The molecule has 0 fully saturated rings. The molecule has 4 heteroatoms. The first-order valence-electron chi connectivity index (χ1n) is 4.65.